The van der Waals surface area contributed by atoms with Gasteiger partial charge in [0.15, 0.2) is 6.61 Å². The van der Waals surface area contributed by atoms with E-state index in [4.69, 9.17) is 20.8 Å². The van der Waals surface area contributed by atoms with Crippen molar-refractivity contribution >= 4 is 45.3 Å². The lowest BCUT2D eigenvalue weighted by atomic mass is 10.2. The molecule has 0 bridgehead atoms. The van der Waals surface area contributed by atoms with Crippen LogP contribution in [0.1, 0.15) is 16.9 Å². The number of alkyl halides is 3. The lowest BCUT2D eigenvalue weighted by Crippen LogP contribution is -2.39. The predicted octanol–water partition coefficient (Wildman–Crippen LogP) is 3.56. The van der Waals surface area contributed by atoms with Gasteiger partial charge in [0.05, 0.1) is 41.6 Å². The molecule has 1 aromatic heterocycles. The maximum atomic E-state index is 13.1. The van der Waals surface area contributed by atoms with Gasteiger partial charge in [0.1, 0.15) is 18.1 Å². The standard InChI is InChI=1S/C24H22ClF3N4O6S/c1-39(35,36)32(21-11-17(24(26,27)28)6-9-20(21)25)14-22(33)31-30-12-16-4-7-18(8-5-16)38-15-23(34)29-13-19-3-2-10-37-19/h2-12H,13-15H2,1H3,(H,29,34)(H,31,33). The molecule has 0 aliphatic heterocycles. The van der Waals surface area contributed by atoms with E-state index in [0.29, 0.717) is 33.5 Å². The van der Waals surface area contributed by atoms with Gasteiger partial charge in [-0.25, -0.2) is 13.8 Å². The van der Waals surface area contributed by atoms with Crippen molar-refractivity contribution in [1.29, 1.82) is 0 Å². The molecule has 3 rings (SSSR count). The van der Waals surface area contributed by atoms with Crippen molar-refractivity contribution in [2.45, 2.75) is 12.7 Å². The second-order valence-corrected chi connectivity index (χ2v) is 10.3. The van der Waals surface area contributed by atoms with Crippen molar-refractivity contribution in [3.8, 4) is 5.75 Å². The van der Waals surface area contributed by atoms with E-state index in [1.807, 2.05) is 0 Å². The number of hydrogen-bond acceptors (Lipinski definition) is 7. The normalized spacial score (nSPS) is 11.8. The summed E-state index contributed by atoms with van der Waals surface area (Å²) in [6, 6.07) is 11.8. The fourth-order valence-electron chi connectivity index (χ4n) is 3.05. The molecule has 2 aromatic carbocycles. The highest BCUT2D eigenvalue weighted by atomic mass is 35.5. The number of hydrazone groups is 1. The van der Waals surface area contributed by atoms with Crippen LogP contribution >= 0.6 is 11.6 Å². The molecule has 2 N–H and O–H groups in total. The summed E-state index contributed by atoms with van der Waals surface area (Å²) in [5.41, 5.74) is 1.00. The van der Waals surface area contributed by atoms with Gasteiger partial charge >= 0.3 is 6.18 Å². The summed E-state index contributed by atoms with van der Waals surface area (Å²) in [5, 5.41) is 6.07. The van der Waals surface area contributed by atoms with Crippen LogP contribution in [-0.4, -0.2) is 45.9 Å². The van der Waals surface area contributed by atoms with Gasteiger partial charge in [-0.2, -0.15) is 18.3 Å². The first-order valence-corrected chi connectivity index (χ1v) is 13.2. The third kappa shape index (κ3) is 9.04. The molecule has 10 nitrogen and oxygen atoms in total. The van der Waals surface area contributed by atoms with Gasteiger partial charge in [-0.1, -0.05) is 11.6 Å². The van der Waals surface area contributed by atoms with Gasteiger partial charge < -0.3 is 14.5 Å². The zero-order valence-corrected chi connectivity index (χ0v) is 21.8. The zero-order valence-electron chi connectivity index (χ0n) is 20.2. The second-order valence-electron chi connectivity index (χ2n) is 7.94. The molecule has 0 saturated heterocycles. The van der Waals surface area contributed by atoms with E-state index in [-0.39, 0.29) is 24.1 Å². The number of sulfonamides is 1. The number of halogens is 4. The number of nitrogens with zero attached hydrogens (tertiary/aromatic N) is 2. The Kier molecular flexibility index (Phi) is 9.59. The minimum Gasteiger partial charge on any atom is -0.484 e. The highest BCUT2D eigenvalue weighted by Gasteiger charge is 2.33. The monoisotopic (exact) mass is 586 g/mol. The molecule has 0 saturated carbocycles. The number of carbonyl (C=O) groups is 2. The second kappa shape index (κ2) is 12.7. The fraction of sp³-hybridized carbons (Fsp3) is 0.208. The van der Waals surface area contributed by atoms with E-state index in [9.17, 15) is 31.2 Å². The number of furan rings is 1. The molecule has 39 heavy (non-hydrogen) atoms. The van der Waals surface area contributed by atoms with Gasteiger partial charge in [-0.15, -0.1) is 0 Å². The SMILES string of the molecule is CS(=O)(=O)N(CC(=O)NN=Cc1ccc(OCC(=O)NCc2ccco2)cc1)c1cc(C(F)(F)F)ccc1Cl. The number of hydrogen-bond donors (Lipinski definition) is 2. The Balaban J connectivity index is 1.54. The van der Waals surface area contributed by atoms with Crippen LogP contribution in [0.3, 0.4) is 0 Å². The van der Waals surface area contributed by atoms with E-state index in [1.165, 1.54) is 12.5 Å². The van der Waals surface area contributed by atoms with Crippen LogP contribution in [-0.2, 0) is 32.3 Å². The summed E-state index contributed by atoms with van der Waals surface area (Å²) in [6.45, 7) is -0.867. The van der Waals surface area contributed by atoms with E-state index in [2.05, 4.69) is 15.8 Å². The third-order valence-electron chi connectivity index (χ3n) is 4.92. The minimum absolute atomic E-state index is 0.225. The van der Waals surface area contributed by atoms with Crippen LogP contribution in [0.2, 0.25) is 5.02 Å². The van der Waals surface area contributed by atoms with Crippen LogP contribution in [0.25, 0.3) is 0 Å². The first kappa shape index (κ1) is 29.5. The van der Waals surface area contributed by atoms with E-state index in [0.717, 1.165) is 12.3 Å². The van der Waals surface area contributed by atoms with Gasteiger partial charge in [0.2, 0.25) is 10.0 Å². The average molecular weight is 587 g/mol. The van der Waals surface area contributed by atoms with Crippen LogP contribution in [0.15, 0.2) is 70.4 Å². The van der Waals surface area contributed by atoms with E-state index >= 15 is 0 Å². The highest BCUT2D eigenvalue weighted by Crippen LogP contribution is 2.36. The van der Waals surface area contributed by atoms with Gasteiger partial charge in [-0.3, -0.25) is 13.9 Å². The van der Waals surface area contributed by atoms with Crippen LogP contribution < -0.4 is 19.8 Å². The molecule has 0 aliphatic carbocycles. The minimum atomic E-state index is -4.75. The number of rotatable bonds is 11. The van der Waals surface area contributed by atoms with Gasteiger partial charge in [-0.05, 0) is 60.2 Å². The molecule has 3 aromatic rings. The van der Waals surface area contributed by atoms with Crippen molar-refractivity contribution in [3.63, 3.8) is 0 Å². The molecule has 2 amide bonds. The topological polar surface area (TPSA) is 130 Å². The lowest BCUT2D eigenvalue weighted by Gasteiger charge is -2.23. The molecule has 0 atom stereocenters. The van der Waals surface area contributed by atoms with Crippen molar-refractivity contribution in [3.05, 3.63) is 82.8 Å². The summed E-state index contributed by atoms with van der Waals surface area (Å²) < 4.78 is 74.7. The van der Waals surface area contributed by atoms with Crippen molar-refractivity contribution in [2.75, 3.05) is 23.7 Å². The van der Waals surface area contributed by atoms with Crippen LogP contribution in [0.4, 0.5) is 18.9 Å². The van der Waals surface area contributed by atoms with E-state index < -0.39 is 39.9 Å². The number of carbonyl (C=O) groups excluding carboxylic acids is 2. The molecule has 1 heterocycles. The first-order valence-electron chi connectivity index (χ1n) is 11.0. The summed E-state index contributed by atoms with van der Waals surface area (Å²) in [5.74, 6) is -0.284. The Morgan fingerprint density at radius 3 is 2.46 bits per heavy atom. The number of anilines is 1. The largest absolute Gasteiger partial charge is 0.484 e. The molecular weight excluding hydrogens is 565 g/mol. The van der Waals surface area contributed by atoms with Gasteiger partial charge in [0, 0.05) is 0 Å². The number of ether oxygens (including phenoxy) is 1. The molecular formula is C24H22ClF3N4O6S. The Morgan fingerprint density at radius 1 is 1.13 bits per heavy atom. The fourth-order valence-corrected chi connectivity index (χ4v) is 4.18. The zero-order chi connectivity index (χ0) is 28.6. The number of amides is 2. The van der Waals surface area contributed by atoms with Crippen molar-refractivity contribution in [2.24, 2.45) is 5.10 Å². The first-order chi connectivity index (χ1) is 18.3. The Morgan fingerprint density at radius 2 is 1.85 bits per heavy atom. The molecule has 0 spiro atoms. The Hall–Kier alpha value is -4.04. The summed E-state index contributed by atoms with van der Waals surface area (Å²) in [7, 11) is -4.18. The molecule has 208 valence electrons. The predicted molar refractivity (Wildman–Crippen MR) is 137 cm³/mol. The highest BCUT2D eigenvalue weighted by molar-refractivity contribution is 7.92. The number of benzene rings is 2. The smallest absolute Gasteiger partial charge is 0.416 e. The molecule has 0 radical (unpaired) electrons. The van der Waals surface area contributed by atoms with Crippen molar-refractivity contribution in [1.82, 2.24) is 10.7 Å². The molecule has 0 aliphatic rings. The third-order valence-corrected chi connectivity index (χ3v) is 6.37. The number of nitrogens with one attached hydrogen (secondary N) is 2. The Bertz CT molecular complexity index is 1430. The molecule has 15 heteroatoms. The van der Waals surface area contributed by atoms with Gasteiger partial charge in [0.25, 0.3) is 11.8 Å². The lowest BCUT2D eigenvalue weighted by molar-refractivity contribution is -0.137. The maximum absolute atomic E-state index is 13.1. The van der Waals surface area contributed by atoms with Crippen LogP contribution in [0.5, 0.6) is 5.75 Å². The molecule has 0 unspecified atom stereocenters. The quantitative estimate of drug-likeness (QED) is 0.261. The average Bonchev–Trinajstić information content (AvgIpc) is 3.38. The molecule has 0 fully saturated rings. The van der Waals surface area contributed by atoms with E-state index in [1.54, 1.807) is 36.4 Å². The summed E-state index contributed by atoms with van der Waals surface area (Å²) >= 11 is 5.93. The summed E-state index contributed by atoms with van der Waals surface area (Å²) in [4.78, 5) is 24.2. The maximum Gasteiger partial charge on any atom is 0.416 e. The summed E-state index contributed by atoms with van der Waals surface area (Å²) in [6.07, 6.45) is -1.27. The van der Waals surface area contributed by atoms with Crippen molar-refractivity contribution < 1.29 is 40.3 Å². The Labute approximate surface area is 226 Å². The van der Waals surface area contributed by atoms with Crippen LogP contribution in [0, 0.1) is 0 Å².